The third-order valence-electron chi connectivity index (χ3n) is 7.88. The second-order valence-electron chi connectivity index (χ2n) is 11.3. The van der Waals surface area contributed by atoms with Crippen molar-refractivity contribution in [2.24, 2.45) is 0 Å². The molecule has 2 amide bonds. The summed E-state index contributed by atoms with van der Waals surface area (Å²) >= 11 is 5.92. The number of hydrogen-bond acceptors (Lipinski definition) is 6. The van der Waals surface area contributed by atoms with Crippen LogP contribution in [0.3, 0.4) is 0 Å². The van der Waals surface area contributed by atoms with Gasteiger partial charge in [0.2, 0.25) is 0 Å². The van der Waals surface area contributed by atoms with Gasteiger partial charge < -0.3 is 24.8 Å². The smallest absolute Gasteiger partial charge is 0.287 e. The Balaban J connectivity index is 1.18. The lowest BCUT2D eigenvalue weighted by Gasteiger charge is -2.38. The number of nitrogens with one attached hydrogen (secondary N) is 2. The summed E-state index contributed by atoms with van der Waals surface area (Å²) in [5.74, 6) is -0.284. The Bertz CT molecular complexity index is 1220. The zero-order chi connectivity index (χ0) is 27.1. The first kappa shape index (κ1) is 27.3. The van der Waals surface area contributed by atoms with Crippen molar-refractivity contribution in [1.82, 2.24) is 25.1 Å². The standard InChI is InChI=1S/C27H36ClN5O4S/c1-26(2,17-37-21-12-20(13-21)29-3)38(36)27(8-9-27)16-32-10-11-33-22(25(32)35)15-30-23(33)24(34)31-14-18-4-6-19(28)7-5-18/h4-7,15,20-21,29H,8-14,16-17H2,1-3H3,(H,31,34). The van der Waals surface area contributed by atoms with E-state index in [-0.39, 0.29) is 23.7 Å². The summed E-state index contributed by atoms with van der Waals surface area (Å²) < 4.78 is 20.6. The van der Waals surface area contributed by atoms with Crippen molar-refractivity contribution in [2.75, 3.05) is 26.7 Å². The molecular weight excluding hydrogens is 526 g/mol. The lowest BCUT2D eigenvalue weighted by molar-refractivity contribution is -0.0220. The predicted molar refractivity (Wildman–Crippen MR) is 147 cm³/mol. The van der Waals surface area contributed by atoms with Crippen LogP contribution in [0.5, 0.6) is 0 Å². The van der Waals surface area contributed by atoms with Gasteiger partial charge in [0, 0.05) is 48.0 Å². The van der Waals surface area contributed by atoms with Gasteiger partial charge in [0.1, 0.15) is 5.69 Å². The monoisotopic (exact) mass is 561 g/mol. The molecule has 1 aromatic heterocycles. The summed E-state index contributed by atoms with van der Waals surface area (Å²) in [5, 5.41) is 6.75. The van der Waals surface area contributed by atoms with Gasteiger partial charge in [-0.1, -0.05) is 23.7 Å². The van der Waals surface area contributed by atoms with E-state index >= 15 is 0 Å². The lowest BCUT2D eigenvalue weighted by Crippen LogP contribution is -2.51. The van der Waals surface area contributed by atoms with Crippen molar-refractivity contribution in [3.63, 3.8) is 0 Å². The molecule has 3 aliphatic rings. The Kier molecular flexibility index (Phi) is 7.70. The van der Waals surface area contributed by atoms with E-state index in [0.29, 0.717) is 49.5 Å². The molecule has 2 heterocycles. The van der Waals surface area contributed by atoms with Crippen LogP contribution in [0.2, 0.25) is 5.02 Å². The average molecular weight is 562 g/mol. The summed E-state index contributed by atoms with van der Waals surface area (Å²) in [5.41, 5.74) is 1.31. The topological polar surface area (TPSA) is 106 Å². The van der Waals surface area contributed by atoms with Crippen molar-refractivity contribution < 1.29 is 18.5 Å². The molecule has 1 unspecified atom stereocenters. The average Bonchev–Trinajstić information content (AvgIpc) is 3.52. The fraction of sp³-hybridized carbons (Fsp3) is 0.593. The number of carbonyl (C=O) groups excluding carboxylic acids is 2. The Labute approximate surface area is 231 Å². The minimum atomic E-state index is -1.16. The number of fused-ring (bicyclic) bond motifs is 1. The summed E-state index contributed by atoms with van der Waals surface area (Å²) in [6.07, 6.45) is 5.33. The number of halogens is 1. The number of nitrogens with zero attached hydrogens (tertiary/aromatic N) is 3. The molecule has 38 heavy (non-hydrogen) atoms. The second-order valence-corrected chi connectivity index (χ2v) is 14.2. The largest absolute Gasteiger partial charge is 0.377 e. The number of hydrogen-bond donors (Lipinski definition) is 2. The highest BCUT2D eigenvalue weighted by Gasteiger charge is 2.55. The van der Waals surface area contributed by atoms with Crippen molar-refractivity contribution in [3.05, 3.63) is 52.6 Å². The maximum Gasteiger partial charge on any atom is 0.287 e. The molecule has 2 N–H and O–H groups in total. The number of imidazole rings is 1. The maximum absolute atomic E-state index is 13.7. The number of benzene rings is 1. The molecule has 0 bridgehead atoms. The molecule has 2 fully saturated rings. The first-order chi connectivity index (χ1) is 18.1. The molecule has 0 spiro atoms. The summed E-state index contributed by atoms with van der Waals surface area (Å²) in [6, 6.07) is 7.76. The first-order valence-corrected chi connectivity index (χ1v) is 14.7. The van der Waals surface area contributed by atoms with E-state index < -0.39 is 20.3 Å². The van der Waals surface area contributed by atoms with Crippen LogP contribution in [0.1, 0.15) is 66.2 Å². The molecule has 206 valence electrons. The Hall–Kier alpha value is -2.27. The molecule has 2 aromatic rings. The number of aromatic nitrogens is 2. The van der Waals surface area contributed by atoms with Crippen LogP contribution in [0, 0.1) is 0 Å². The first-order valence-electron chi connectivity index (χ1n) is 13.2. The van der Waals surface area contributed by atoms with E-state index in [2.05, 4.69) is 15.6 Å². The van der Waals surface area contributed by atoms with Crippen LogP contribution < -0.4 is 10.6 Å². The quantitative estimate of drug-likeness (QED) is 0.437. The van der Waals surface area contributed by atoms with Gasteiger partial charge >= 0.3 is 0 Å². The third kappa shape index (κ3) is 5.54. The molecule has 2 aliphatic carbocycles. The molecule has 0 saturated heterocycles. The highest BCUT2D eigenvalue weighted by Crippen LogP contribution is 2.47. The van der Waals surface area contributed by atoms with Gasteiger partial charge in [0.05, 0.1) is 28.4 Å². The van der Waals surface area contributed by atoms with E-state index in [1.54, 1.807) is 21.6 Å². The van der Waals surface area contributed by atoms with Crippen LogP contribution in [-0.2, 0) is 28.6 Å². The van der Waals surface area contributed by atoms with Crippen LogP contribution in [0.15, 0.2) is 30.5 Å². The van der Waals surface area contributed by atoms with Gasteiger partial charge in [0.25, 0.3) is 11.8 Å². The summed E-state index contributed by atoms with van der Waals surface area (Å²) in [6.45, 7) is 6.13. The molecule has 2 saturated carbocycles. The van der Waals surface area contributed by atoms with Crippen molar-refractivity contribution in [2.45, 2.75) is 74.3 Å². The molecule has 11 heteroatoms. The summed E-state index contributed by atoms with van der Waals surface area (Å²) in [7, 11) is 0.800. The number of rotatable bonds is 11. The minimum absolute atomic E-state index is 0.176. The molecular formula is C27H36ClN5O4S. The Morgan fingerprint density at radius 2 is 1.95 bits per heavy atom. The van der Waals surface area contributed by atoms with Crippen molar-refractivity contribution in [3.8, 4) is 0 Å². The third-order valence-corrected chi connectivity index (χ3v) is 10.6. The normalized spacial score (nSPS) is 22.9. The molecule has 1 aromatic carbocycles. The molecule has 0 radical (unpaired) electrons. The molecule has 9 nitrogen and oxygen atoms in total. The van der Waals surface area contributed by atoms with Gasteiger partial charge in [0.15, 0.2) is 5.82 Å². The van der Waals surface area contributed by atoms with Crippen molar-refractivity contribution >= 4 is 34.2 Å². The molecule has 1 atom stereocenters. The van der Waals surface area contributed by atoms with Crippen LogP contribution in [-0.4, -0.2) is 78.9 Å². The Morgan fingerprint density at radius 3 is 2.61 bits per heavy atom. The molecule has 5 rings (SSSR count). The van der Waals surface area contributed by atoms with E-state index in [4.69, 9.17) is 16.3 Å². The van der Waals surface area contributed by atoms with E-state index in [0.717, 1.165) is 31.2 Å². The van der Waals surface area contributed by atoms with E-state index in [1.807, 2.05) is 33.0 Å². The summed E-state index contributed by atoms with van der Waals surface area (Å²) in [4.78, 5) is 32.2. The zero-order valence-electron chi connectivity index (χ0n) is 22.2. The van der Waals surface area contributed by atoms with Gasteiger partial charge in [-0.2, -0.15) is 0 Å². The highest BCUT2D eigenvalue weighted by molar-refractivity contribution is 7.88. The number of amides is 2. The van der Waals surface area contributed by atoms with Gasteiger partial charge in [-0.3, -0.25) is 13.8 Å². The van der Waals surface area contributed by atoms with Crippen LogP contribution in [0.25, 0.3) is 0 Å². The Morgan fingerprint density at radius 1 is 1.24 bits per heavy atom. The maximum atomic E-state index is 13.7. The van der Waals surface area contributed by atoms with E-state index in [9.17, 15) is 13.8 Å². The number of carbonyl (C=O) groups is 2. The second kappa shape index (κ2) is 10.7. The van der Waals surface area contributed by atoms with Gasteiger partial charge in [-0.25, -0.2) is 4.98 Å². The predicted octanol–water partition coefficient (Wildman–Crippen LogP) is 2.75. The van der Waals surface area contributed by atoms with Crippen molar-refractivity contribution in [1.29, 1.82) is 0 Å². The fourth-order valence-electron chi connectivity index (χ4n) is 5.24. The number of ether oxygens (including phenoxy) is 1. The molecule has 1 aliphatic heterocycles. The zero-order valence-corrected chi connectivity index (χ0v) is 23.7. The highest BCUT2D eigenvalue weighted by atomic mass is 35.5. The van der Waals surface area contributed by atoms with Gasteiger partial charge in [-0.05, 0) is 64.3 Å². The SMILES string of the molecule is CNC1CC(OCC(C)(C)S(=O)C2(CN3CCn4c(cnc4C(=O)NCc4ccc(Cl)cc4)C3=O)CC2)C1. The fourth-order valence-corrected chi connectivity index (χ4v) is 7.46. The lowest BCUT2D eigenvalue weighted by atomic mass is 9.89. The minimum Gasteiger partial charge on any atom is -0.377 e. The van der Waals surface area contributed by atoms with Crippen LogP contribution >= 0.6 is 11.6 Å². The van der Waals surface area contributed by atoms with E-state index in [1.165, 1.54) is 6.20 Å². The van der Waals surface area contributed by atoms with Gasteiger partial charge in [-0.15, -0.1) is 0 Å². The van der Waals surface area contributed by atoms with Crippen LogP contribution in [0.4, 0.5) is 0 Å².